The fourth-order valence-electron chi connectivity index (χ4n) is 3.72. The maximum Gasteiger partial charge on any atom is 0.419 e. The Morgan fingerprint density at radius 2 is 1.59 bits per heavy atom. The van der Waals surface area contributed by atoms with E-state index in [0.717, 1.165) is 10.9 Å². The third-order valence-electron chi connectivity index (χ3n) is 5.05. The number of ether oxygens (including phenoxy) is 2. The van der Waals surface area contributed by atoms with Crippen LogP contribution >= 0.6 is 0 Å². The molecule has 3 N–H and O–H groups in total. The Balaban J connectivity index is 2.42. The number of amides is 1. The minimum absolute atomic E-state index is 0.154. The number of hydrogen-bond donors (Lipinski definition) is 3. The number of benzene rings is 1. The Morgan fingerprint density at radius 3 is 2.15 bits per heavy atom. The average Bonchev–Trinajstić information content (AvgIpc) is 3.02. The lowest BCUT2D eigenvalue weighted by Gasteiger charge is -2.29. The first kappa shape index (κ1) is 27.7. The molecule has 8 heteroatoms. The van der Waals surface area contributed by atoms with Gasteiger partial charge in [-0.3, -0.25) is 4.57 Å². The van der Waals surface area contributed by atoms with Crippen molar-refractivity contribution < 1.29 is 29.3 Å². The molecule has 0 spiro atoms. The summed E-state index contributed by atoms with van der Waals surface area (Å²) in [5.41, 5.74) is -0.0120. The summed E-state index contributed by atoms with van der Waals surface area (Å²) in [6.07, 6.45) is -1.29. The van der Waals surface area contributed by atoms with Crippen molar-refractivity contribution in [1.82, 2.24) is 9.88 Å². The second-order valence-electron chi connectivity index (χ2n) is 11.2. The first-order valence-corrected chi connectivity index (χ1v) is 11.8. The molecule has 0 unspecified atom stereocenters. The number of aliphatic hydroxyl groups excluding tert-OH is 2. The van der Waals surface area contributed by atoms with Crippen LogP contribution in [-0.4, -0.2) is 56.4 Å². The minimum atomic E-state index is -1.24. The highest BCUT2D eigenvalue weighted by Crippen LogP contribution is 2.25. The smallest absolute Gasteiger partial charge is 0.419 e. The number of para-hydroxylation sites is 1. The van der Waals surface area contributed by atoms with Gasteiger partial charge in [0.2, 0.25) is 0 Å². The molecule has 8 nitrogen and oxygen atoms in total. The first-order valence-electron chi connectivity index (χ1n) is 11.8. The van der Waals surface area contributed by atoms with Crippen LogP contribution in [0.2, 0.25) is 0 Å². The maximum absolute atomic E-state index is 12.8. The van der Waals surface area contributed by atoms with E-state index in [0.29, 0.717) is 11.9 Å². The molecule has 2 aromatic rings. The van der Waals surface area contributed by atoms with Gasteiger partial charge in [0.05, 0.1) is 17.7 Å². The molecule has 0 radical (unpaired) electrons. The van der Waals surface area contributed by atoms with Crippen molar-refractivity contribution in [2.45, 2.75) is 97.7 Å². The van der Waals surface area contributed by atoms with Gasteiger partial charge < -0.3 is 25.0 Å². The van der Waals surface area contributed by atoms with E-state index in [2.05, 4.69) is 5.32 Å². The predicted molar refractivity (Wildman–Crippen MR) is 132 cm³/mol. The molecular formula is C26H40N2O6. The van der Waals surface area contributed by atoms with Crippen LogP contribution in [0, 0.1) is 5.92 Å². The minimum Gasteiger partial charge on any atom is -0.444 e. The van der Waals surface area contributed by atoms with Crippen LogP contribution in [0.15, 0.2) is 30.5 Å². The Hall–Kier alpha value is -2.58. The third-order valence-corrected chi connectivity index (χ3v) is 5.05. The Kier molecular flexibility index (Phi) is 8.77. The normalized spacial score (nSPS) is 15.1. The van der Waals surface area contributed by atoms with Crippen LogP contribution in [0.1, 0.15) is 67.4 Å². The third kappa shape index (κ3) is 8.02. The molecule has 190 valence electrons. The molecule has 0 aliphatic rings. The first-order chi connectivity index (χ1) is 15.6. The number of aromatic nitrogens is 1. The summed E-state index contributed by atoms with van der Waals surface area (Å²) in [7, 11) is 0. The van der Waals surface area contributed by atoms with E-state index in [-0.39, 0.29) is 12.3 Å². The van der Waals surface area contributed by atoms with Gasteiger partial charge in [0.15, 0.2) is 0 Å². The van der Waals surface area contributed by atoms with E-state index >= 15 is 0 Å². The molecule has 3 atom stereocenters. The van der Waals surface area contributed by atoms with Crippen molar-refractivity contribution in [3.8, 4) is 0 Å². The van der Waals surface area contributed by atoms with Crippen LogP contribution in [0.25, 0.3) is 10.9 Å². The lowest BCUT2D eigenvalue weighted by molar-refractivity contribution is -0.0177. The van der Waals surface area contributed by atoms with Crippen molar-refractivity contribution in [3.05, 3.63) is 36.0 Å². The average molecular weight is 477 g/mol. The molecule has 0 aliphatic carbocycles. The van der Waals surface area contributed by atoms with E-state index < -0.39 is 41.6 Å². The summed E-state index contributed by atoms with van der Waals surface area (Å²) in [6, 6.07) is 6.51. The fraction of sp³-hybridized carbons (Fsp3) is 0.615. The number of fused-ring (bicyclic) bond motifs is 1. The number of alkyl carbamates (subject to hydrolysis) is 1. The number of nitrogens with zero attached hydrogens (tertiary/aromatic N) is 1. The molecule has 1 aromatic heterocycles. The number of carbonyl (C=O) groups is 2. The van der Waals surface area contributed by atoms with E-state index in [1.54, 1.807) is 47.7 Å². The van der Waals surface area contributed by atoms with E-state index in [4.69, 9.17) is 9.47 Å². The molecule has 0 saturated carbocycles. The topological polar surface area (TPSA) is 110 Å². The molecule has 2 rings (SSSR count). The van der Waals surface area contributed by atoms with Gasteiger partial charge in [0.1, 0.15) is 17.3 Å². The molecule has 0 aliphatic heterocycles. The van der Waals surface area contributed by atoms with E-state index in [1.165, 1.54) is 4.57 Å². The van der Waals surface area contributed by atoms with Gasteiger partial charge in [0, 0.05) is 11.6 Å². The molecular weight excluding hydrogens is 436 g/mol. The molecule has 1 aromatic carbocycles. The summed E-state index contributed by atoms with van der Waals surface area (Å²) in [6.45, 7) is 14.5. The lowest BCUT2D eigenvalue weighted by Crippen LogP contribution is -2.51. The summed E-state index contributed by atoms with van der Waals surface area (Å²) in [5.74, 6) is 0.154. The number of rotatable bonds is 7. The Labute approximate surface area is 202 Å². The number of nitrogens with one attached hydrogen (secondary N) is 1. The molecule has 0 bridgehead atoms. The SMILES string of the molecule is CC(C)C[C@H](O)[C@H](O)[C@H](Cc1cn(C(=O)OC(C)(C)C)c2ccccc12)NC(=O)OC(C)(C)C. The predicted octanol–water partition coefficient (Wildman–Crippen LogP) is 4.63. The summed E-state index contributed by atoms with van der Waals surface area (Å²) in [5, 5.41) is 25.1. The van der Waals surface area contributed by atoms with Crippen LogP contribution < -0.4 is 5.32 Å². The highest BCUT2D eigenvalue weighted by atomic mass is 16.6. The van der Waals surface area contributed by atoms with Gasteiger partial charge in [-0.15, -0.1) is 0 Å². The van der Waals surface area contributed by atoms with Gasteiger partial charge in [-0.25, -0.2) is 9.59 Å². The summed E-state index contributed by atoms with van der Waals surface area (Å²) < 4.78 is 12.4. The highest BCUT2D eigenvalue weighted by molar-refractivity contribution is 5.92. The van der Waals surface area contributed by atoms with Crippen LogP contribution in [0.5, 0.6) is 0 Å². The number of hydrogen-bond acceptors (Lipinski definition) is 6. The zero-order valence-corrected chi connectivity index (χ0v) is 21.6. The quantitative estimate of drug-likeness (QED) is 0.538. The Bertz CT molecular complexity index is 983. The second kappa shape index (κ2) is 10.8. The van der Waals surface area contributed by atoms with Gasteiger partial charge >= 0.3 is 12.2 Å². The van der Waals surface area contributed by atoms with Crippen LogP contribution in [0.4, 0.5) is 9.59 Å². The van der Waals surface area contributed by atoms with Gasteiger partial charge in [-0.2, -0.15) is 0 Å². The van der Waals surface area contributed by atoms with Crippen molar-refractivity contribution >= 4 is 23.1 Å². The molecule has 0 fully saturated rings. The monoisotopic (exact) mass is 476 g/mol. The maximum atomic E-state index is 12.8. The van der Waals surface area contributed by atoms with Gasteiger partial charge in [-0.1, -0.05) is 32.0 Å². The zero-order chi connectivity index (χ0) is 25.8. The van der Waals surface area contributed by atoms with Crippen molar-refractivity contribution in [1.29, 1.82) is 0 Å². The van der Waals surface area contributed by atoms with E-state index in [9.17, 15) is 19.8 Å². The highest BCUT2D eigenvalue weighted by Gasteiger charge is 2.31. The van der Waals surface area contributed by atoms with Crippen LogP contribution in [-0.2, 0) is 15.9 Å². The van der Waals surface area contributed by atoms with E-state index in [1.807, 2.05) is 38.1 Å². The number of carbonyl (C=O) groups excluding carboxylic acids is 2. The second-order valence-corrected chi connectivity index (χ2v) is 11.2. The summed E-state index contributed by atoms with van der Waals surface area (Å²) in [4.78, 5) is 25.4. The number of aliphatic hydroxyl groups is 2. The summed E-state index contributed by atoms with van der Waals surface area (Å²) >= 11 is 0. The van der Waals surface area contributed by atoms with Gasteiger partial charge in [-0.05, 0) is 71.9 Å². The zero-order valence-electron chi connectivity index (χ0n) is 21.6. The van der Waals surface area contributed by atoms with Crippen molar-refractivity contribution in [2.75, 3.05) is 0 Å². The Morgan fingerprint density at radius 1 is 1.00 bits per heavy atom. The van der Waals surface area contributed by atoms with Crippen molar-refractivity contribution in [3.63, 3.8) is 0 Å². The standard InChI is InChI=1S/C26H40N2O6/c1-16(2)13-21(29)22(30)19(27-23(31)33-25(3,4)5)14-17-15-28(24(32)34-26(6,7)8)20-12-10-9-11-18(17)20/h9-12,15-16,19,21-22,29-30H,13-14H2,1-8H3,(H,27,31)/t19-,21-,22+/m0/s1. The fourth-order valence-corrected chi connectivity index (χ4v) is 3.72. The van der Waals surface area contributed by atoms with Crippen LogP contribution in [0.3, 0.4) is 0 Å². The molecule has 34 heavy (non-hydrogen) atoms. The molecule has 0 saturated heterocycles. The van der Waals surface area contributed by atoms with Crippen molar-refractivity contribution in [2.24, 2.45) is 5.92 Å². The molecule has 1 heterocycles. The molecule has 1 amide bonds. The van der Waals surface area contributed by atoms with Gasteiger partial charge in [0.25, 0.3) is 0 Å². The largest absolute Gasteiger partial charge is 0.444 e. The lowest BCUT2D eigenvalue weighted by atomic mass is 9.93.